The molecule has 0 bridgehead atoms. The summed E-state index contributed by atoms with van der Waals surface area (Å²) >= 11 is 0. The minimum absolute atomic E-state index is 0.0608. The van der Waals surface area contributed by atoms with Crippen LogP contribution in [0.4, 0.5) is 4.39 Å². The van der Waals surface area contributed by atoms with Gasteiger partial charge in [-0.1, -0.05) is 13.4 Å². The number of ether oxygens (including phenoxy) is 2. The van der Waals surface area contributed by atoms with E-state index < -0.39 is 17.6 Å². The van der Waals surface area contributed by atoms with E-state index in [1.54, 1.807) is 18.3 Å². The molecule has 0 aliphatic heterocycles. The number of nitrogens with zero attached hydrogens (tertiary/aromatic N) is 1. The molecule has 2 amide bonds. The zero-order valence-corrected chi connectivity index (χ0v) is 21.7. The predicted molar refractivity (Wildman–Crippen MR) is 148 cm³/mol. The fraction of sp³-hybridized carbons (Fsp3) is 0.214. The molecule has 0 saturated carbocycles. The van der Waals surface area contributed by atoms with Gasteiger partial charge in [-0.05, 0) is 24.5 Å². The quantitative estimate of drug-likeness (QED) is 0.219. The van der Waals surface area contributed by atoms with Crippen molar-refractivity contribution in [1.29, 1.82) is 0 Å². The van der Waals surface area contributed by atoms with Crippen molar-refractivity contribution in [3.8, 4) is 5.75 Å². The van der Waals surface area contributed by atoms with Gasteiger partial charge in [-0.3, -0.25) is 4.98 Å². The molecule has 1 radical (unpaired) electrons. The maximum absolute atomic E-state index is 15.1. The minimum Gasteiger partial charge on any atom is -0.0339 e. The summed E-state index contributed by atoms with van der Waals surface area (Å²) in [4.78, 5) is 28.9. The summed E-state index contributed by atoms with van der Waals surface area (Å²) < 4.78 is 26.2. The van der Waals surface area contributed by atoms with Gasteiger partial charge in [-0.2, -0.15) is 0 Å². The van der Waals surface area contributed by atoms with Gasteiger partial charge in [0.15, 0.2) is 7.28 Å². The standard InChI is InChI=1S/C28H29B2FN3O4/c1-18-24(17-22(29-3)19(2)37-4)32-15-12-25(18)38-26-10-7-9-21(16-23(26)31)34-28(36)27(35)33-14-11-20-8-5-6-13-30-20/h5-9,12-13,15-17H,2,10-11,14H2,1,3-4H3,(H,33,35)(H,34,36)/b22-17+. The molecule has 0 aromatic carbocycles. The van der Waals surface area contributed by atoms with Crippen LogP contribution in [0.2, 0.25) is 6.82 Å². The third-order valence-electron chi connectivity index (χ3n) is 5.75. The van der Waals surface area contributed by atoms with Crippen molar-refractivity contribution in [1.82, 2.24) is 15.6 Å². The van der Waals surface area contributed by atoms with Crippen LogP contribution >= 0.6 is 0 Å². The molecule has 0 fully saturated rings. The Morgan fingerprint density at radius 3 is 2.82 bits per heavy atom. The van der Waals surface area contributed by atoms with Crippen LogP contribution in [0.15, 0.2) is 89.7 Å². The molecule has 2 N–H and O–H groups in total. The molecule has 0 spiro atoms. The van der Waals surface area contributed by atoms with Crippen molar-refractivity contribution in [2.24, 2.45) is 0 Å². The Balaban J connectivity index is 1.67. The van der Waals surface area contributed by atoms with E-state index in [1.165, 1.54) is 13.2 Å². The van der Waals surface area contributed by atoms with Crippen molar-refractivity contribution in [3.05, 3.63) is 106 Å². The van der Waals surface area contributed by atoms with E-state index in [9.17, 15) is 9.59 Å². The topological polar surface area (TPSA) is 89.6 Å². The fourth-order valence-corrected chi connectivity index (χ4v) is 3.57. The second-order valence-corrected chi connectivity index (χ2v) is 8.36. The first-order chi connectivity index (χ1) is 18.3. The van der Waals surface area contributed by atoms with E-state index in [0.717, 1.165) is 17.0 Å². The van der Waals surface area contributed by atoms with Gasteiger partial charge in [-0.25, -0.2) is 0 Å². The predicted octanol–water partition coefficient (Wildman–Crippen LogP) is 3.86. The van der Waals surface area contributed by atoms with Crippen molar-refractivity contribution in [3.63, 3.8) is 0 Å². The number of carbonyl (C=O) groups is 2. The number of pyridine rings is 1. The van der Waals surface area contributed by atoms with E-state index >= 15 is 4.39 Å². The Morgan fingerprint density at radius 2 is 2.11 bits per heavy atom. The van der Waals surface area contributed by atoms with E-state index in [4.69, 9.17) is 9.47 Å². The second kappa shape index (κ2) is 13.9. The monoisotopic (exact) mass is 512 g/mol. The molecule has 2 aromatic rings. The van der Waals surface area contributed by atoms with Gasteiger partial charge in [0.1, 0.15) is 11.5 Å². The third kappa shape index (κ3) is 7.90. The molecule has 10 heteroatoms. The zero-order chi connectivity index (χ0) is 27.5. The summed E-state index contributed by atoms with van der Waals surface area (Å²) in [6, 6.07) is 7.39. The molecule has 193 valence electrons. The summed E-state index contributed by atoms with van der Waals surface area (Å²) in [6.45, 7) is 9.79. The van der Waals surface area contributed by atoms with Crippen molar-refractivity contribution in [2.75, 3.05) is 13.7 Å². The first-order valence-corrected chi connectivity index (χ1v) is 12.1. The van der Waals surface area contributed by atoms with Gasteiger partial charge in [0.05, 0.1) is 12.8 Å². The molecule has 0 saturated heterocycles. The summed E-state index contributed by atoms with van der Waals surface area (Å²) in [5.74, 6) is 0.544. The third-order valence-corrected chi connectivity index (χ3v) is 5.75. The Kier molecular flexibility index (Phi) is 10.4. The smallest absolute Gasteiger partial charge is 0.0174 e. The number of nitrogens with one attached hydrogen (secondary N) is 2. The van der Waals surface area contributed by atoms with Gasteiger partial charge in [0.2, 0.25) is 0 Å². The van der Waals surface area contributed by atoms with Gasteiger partial charge < -0.3 is 4.74 Å². The SMILES string of the molecule is C=C(OC)/C([B]C)=C\c1nccc(OC2=C(F)C=C(NC(=O)C(=O)NCCc3bcccc3)C=CC2)c1C. The first-order valence-electron chi connectivity index (χ1n) is 12.1. The molecule has 3 rings (SSSR count). The molecular formula is C28H29B2FN3O4. The number of methoxy groups -OCH3 is 1. The van der Waals surface area contributed by atoms with Crippen LogP contribution in [0.5, 0.6) is 5.75 Å². The van der Waals surface area contributed by atoms with Crippen LogP contribution < -0.4 is 15.4 Å². The molecule has 0 atom stereocenters. The number of aromatic nitrogens is 1. The fourth-order valence-electron chi connectivity index (χ4n) is 3.57. The largest absolute Gasteiger partial charge is 0.0339 e. The van der Waals surface area contributed by atoms with Crippen LogP contribution in [0.3, 0.4) is 0 Å². The molecular weight excluding hydrogens is 483 g/mol. The van der Waals surface area contributed by atoms with Gasteiger partial charge in [0, 0.05) is 11.8 Å². The maximum Gasteiger partial charge on any atom is 0.0174 e. The molecule has 0 unspecified atom stereocenters. The first kappa shape index (κ1) is 28.4. The Bertz CT molecular complexity index is 1320. The Hall–Kier alpha value is -4.20. The summed E-state index contributed by atoms with van der Waals surface area (Å²) in [7, 11) is 3.39. The van der Waals surface area contributed by atoms with E-state index in [2.05, 4.69) is 22.2 Å². The van der Waals surface area contributed by atoms with Crippen molar-refractivity contribution in [2.45, 2.75) is 26.6 Å². The zero-order valence-electron chi connectivity index (χ0n) is 21.7. The summed E-state index contributed by atoms with van der Waals surface area (Å²) in [5.41, 5.74) is 3.27. The van der Waals surface area contributed by atoms with E-state index in [1.807, 2.05) is 58.2 Å². The van der Waals surface area contributed by atoms with Crippen LogP contribution in [-0.2, 0) is 20.7 Å². The summed E-state index contributed by atoms with van der Waals surface area (Å²) in [5, 5.41) is 5.01. The van der Waals surface area contributed by atoms with E-state index in [0.29, 0.717) is 35.7 Å². The number of amides is 2. The average molecular weight is 512 g/mol. The molecule has 2 heterocycles. The van der Waals surface area contributed by atoms with Crippen molar-refractivity contribution < 1.29 is 23.5 Å². The normalized spacial score (nSPS) is 13.2. The summed E-state index contributed by atoms with van der Waals surface area (Å²) in [6.07, 6.45) is 8.41. The number of hydrogen-bond acceptors (Lipinski definition) is 5. The van der Waals surface area contributed by atoms with E-state index in [-0.39, 0.29) is 17.9 Å². The molecule has 38 heavy (non-hydrogen) atoms. The van der Waals surface area contributed by atoms with Gasteiger partial charge in [0.25, 0.3) is 0 Å². The number of rotatable bonds is 10. The van der Waals surface area contributed by atoms with Crippen LogP contribution in [0, 0.1) is 6.92 Å². The maximum atomic E-state index is 15.1. The number of carbonyl (C=O) groups excluding carboxylic acids is 2. The molecule has 2 aromatic heterocycles. The van der Waals surface area contributed by atoms with Gasteiger partial charge in [-0.15, -0.1) is 0 Å². The Morgan fingerprint density at radius 1 is 1.29 bits per heavy atom. The number of hydrogen-bond donors (Lipinski definition) is 2. The Labute approximate surface area is 223 Å². The van der Waals surface area contributed by atoms with Crippen LogP contribution in [0.25, 0.3) is 6.08 Å². The number of halogens is 1. The number of allylic oxidation sites excluding steroid dienone is 5. The molecule has 7 nitrogen and oxygen atoms in total. The molecule has 1 aliphatic rings. The van der Waals surface area contributed by atoms with Crippen LogP contribution in [0.1, 0.15) is 23.1 Å². The van der Waals surface area contributed by atoms with Crippen molar-refractivity contribution >= 4 is 32.1 Å². The second-order valence-electron chi connectivity index (χ2n) is 8.36. The average Bonchev–Trinajstić information content (AvgIpc) is 3.09. The minimum atomic E-state index is -0.881. The van der Waals surface area contributed by atoms with Crippen LogP contribution in [-0.4, -0.2) is 44.6 Å². The van der Waals surface area contributed by atoms with Gasteiger partial charge >= 0.3 is 133 Å². The molecule has 1 aliphatic carbocycles.